The molecule has 3 rings (SSSR count). The molecule has 1 heterocycles. The number of rotatable bonds is 4. The Morgan fingerprint density at radius 2 is 1.85 bits per heavy atom. The molecule has 1 fully saturated rings. The zero-order chi connectivity index (χ0) is 19.2. The molecule has 0 bridgehead atoms. The lowest BCUT2D eigenvalue weighted by atomic mass is 9.75. The Morgan fingerprint density at radius 3 is 2.42 bits per heavy atom. The number of nitrogens with zero attached hydrogens (tertiary/aromatic N) is 1. The van der Waals surface area contributed by atoms with Gasteiger partial charge in [-0.05, 0) is 49.9 Å². The Bertz CT molecular complexity index is 899. The van der Waals surface area contributed by atoms with Crippen LogP contribution >= 0.6 is 23.2 Å². The minimum atomic E-state index is -0.941. The van der Waals surface area contributed by atoms with E-state index < -0.39 is 11.5 Å². The SMILES string of the molecule is CC(=C1CC1)C(C)(C)C(O)c1c(-c2ccc(C)cc2F)cc(Cl)nc1Cl. The molecule has 1 unspecified atom stereocenters. The molecule has 1 aromatic heterocycles. The first-order valence-electron chi connectivity index (χ1n) is 8.62. The van der Waals surface area contributed by atoms with E-state index in [1.165, 1.54) is 11.6 Å². The molecular weight excluding hydrogens is 372 g/mol. The highest BCUT2D eigenvalue weighted by Crippen LogP contribution is 2.49. The third-order valence-corrected chi connectivity index (χ3v) is 5.83. The zero-order valence-electron chi connectivity index (χ0n) is 15.3. The monoisotopic (exact) mass is 393 g/mol. The average molecular weight is 394 g/mol. The fourth-order valence-electron chi connectivity index (χ4n) is 3.27. The predicted octanol–water partition coefficient (Wildman–Crippen LogP) is 6.67. The van der Waals surface area contributed by atoms with Gasteiger partial charge in [0.2, 0.25) is 0 Å². The van der Waals surface area contributed by atoms with E-state index >= 15 is 0 Å². The van der Waals surface area contributed by atoms with Crippen LogP contribution in [0.4, 0.5) is 4.39 Å². The van der Waals surface area contributed by atoms with Crippen LogP contribution in [0.1, 0.15) is 50.8 Å². The van der Waals surface area contributed by atoms with Gasteiger partial charge >= 0.3 is 0 Å². The van der Waals surface area contributed by atoms with Gasteiger partial charge in [0.25, 0.3) is 0 Å². The summed E-state index contributed by atoms with van der Waals surface area (Å²) in [5.41, 5.74) is 3.99. The van der Waals surface area contributed by atoms with Gasteiger partial charge in [-0.1, -0.05) is 60.3 Å². The van der Waals surface area contributed by atoms with Gasteiger partial charge in [0.15, 0.2) is 0 Å². The van der Waals surface area contributed by atoms with E-state index in [1.54, 1.807) is 12.1 Å². The van der Waals surface area contributed by atoms with Gasteiger partial charge in [0, 0.05) is 16.5 Å². The second-order valence-electron chi connectivity index (χ2n) is 7.53. The van der Waals surface area contributed by atoms with Crippen LogP contribution in [0.3, 0.4) is 0 Å². The zero-order valence-corrected chi connectivity index (χ0v) is 16.8. The minimum Gasteiger partial charge on any atom is -0.387 e. The number of halogens is 3. The van der Waals surface area contributed by atoms with Crippen LogP contribution in [0.2, 0.25) is 10.3 Å². The highest BCUT2D eigenvalue weighted by Gasteiger charge is 2.37. The summed E-state index contributed by atoms with van der Waals surface area (Å²) < 4.78 is 14.6. The molecule has 0 spiro atoms. The molecule has 1 N–H and O–H groups in total. The minimum absolute atomic E-state index is 0.0987. The maximum atomic E-state index is 14.6. The largest absolute Gasteiger partial charge is 0.387 e. The molecule has 0 radical (unpaired) electrons. The number of aliphatic hydroxyl groups excluding tert-OH is 1. The van der Waals surface area contributed by atoms with E-state index in [9.17, 15) is 9.50 Å². The Morgan fingerprint density at radius 1 is 1.19 bits per heavy atom. The lowest BCUT2D eigenvalue weighted by Gasteiger charge is -2.33. The van der Waals surface area contributed by atoms with E-state index in [2.05, 4.69) is 4.98 Å². The first-order chi connectivity index (χ1) is 12.1. The topological polar surface area (TPSA) is 33.1 Å². The van der Waals surface area contributed by atoms with Crippen molar-refractivity contribution in [3.8, 4) is 11.1 Å². The number of aromatic nitrogens is 1. The summed E-state index contributed by atoms with van der Waals surface area (Å²) in [6.07, 6.45) is 1.19. The van der Waals surface area contributed by atoms with E-state index in [-0.39, 0.29) is 16.1 Å². The molecule has 5 heteroatoms. The van der Waals surface area contributed by atoms with Crippen molar-refractivity contribution < 1.29 is 9.50 Å². The van der Waals surface area contributed by atoms with Gasteiger partial charge in [-0.25, -0.2) is 9.37 Å². The van der Waals surface area contributed by atoms with E-state index in [4.69, 9.17) is 23.2 Å². The predicted molar refractivity (Wildman–Crippen MR) is 105 cm³/mol. The number of pyridine rings is 1. The molecule has 1 aliphatic carbocycles. The summed E-state index contributed by atoms with van der Waals surface area (Å²) in [5, 5.41) is 11.5. The van der Waals surface area contributed by atoms with Gasteiger partial charge in [-0.3, -0.25) is 0 Å². The molecule has 0 saturated heterocycles. The van der Waals surface area contributed by atoms with Gasteiger partial charge in [-0.15, -0.1) is 0 Å². The number of benzene rings is 1. The van der Waals surface area contributed by atoms with E-state index in [0.717, 1.165) is 24.0 Å². The molecule has 1 saturated carbocycles. The van der Waals surface area contributed by atoms with Crippen molar-refractivity contribution in [2.45, 2.75) is 46.6 Å². The quantitative estimate of drug-likeness (QED) is 0.464. The Labute approximate surface area is 163 Å². The second kappa shape index (κ2) is 6.95. The van der Waals surface area contributed by atoms with Gasteiger partial charge in [0.05, 0.1) is 6.10 Å². The summed E-state index contributed by atoms with van der Waals surface area (Å²) in [6, 6.07) is 6.52. The molecule has 138 valence electrons. The maximum absolute atomic E-state index is 14.6. The van der Waals surface area contributed by atoms with Crippen molar-refractivity contribution in [1.82, 2.24) is 4.98 Å². The van der Waals surface area contributed by atoms with Crippen molar-refractivity contribution >= 4 is 23.2 Å². The van der Waals surface area contributed by atoms with Crippen molar-refractivity contribution in [3.63, 3.8) is 0 Å². The first-order valence-corrected chi connectivity index (χ1v) is 9.38. The molecule has 2 aromatic rings. The Hall–Kier alpha value is -1.42. The fourth-order valence-corrected chi connectivity index (χ4v) is 3.81. The van der Waals surface area contributed by atoms with Crippen molar-refractivity contribution in [1.29, 1.82) is 0 Å². The van der Waals surface area contributed by atoms with Crippen LogP contribution in [0.5, 0.6) is 0 Å². The number of hydrogen-bond acceptors (Lipinski definition) is 2. The van der Waals surface area contributed by atoms with Crippen LogP contribution in [0, 0.1) is 18.2 Å². The number of allylic oxidation sites excluding steroid dienone is 1. The number of aryl methyl sites for hydroxylation is 1. The van der Waals surface area contributed by atoms with Gasteiger partial charge < -0.3 is 5.11 Å². The summed E-state index contributed by atoms with van der Waals surface area (Å²) in [6.45, 7) is 7.80. The van der Waals surface area contributed by atoms with Crippen LogP contribution < -0.4 is 0 Å². The summed E-state index contributed by atoms with van der Waals surface area (Å²) in [5.74, 6) is -0.383. The molecule has 0 amide bonds. The molecule has 1 aliphatic rings. The van der Waals surface area contributed by atoms with Crippen molar-refractivity contribution in [2.24, 2.45) is 5.41 Å². The molecule has 0 aliphatic heterocycles. The lowest BCUT2D eigenvalue weighted by molar-refractivity contribution is 0.0743. The first kappa shape index (κ1) is 19.3. The Balaban J connectivity index is 2.20. The lowest BCUT2D eigenvalue weighted by Crippen LogP contribution is -2.25. The number of hydrogen-bond donors (Lipinski definition) is 1. The van der Waals surface area contributed by atoms with E-state index in [0.29, 0.717) is 16.7 Å². The molecule has 2 nitrogen and oxygen atoms in total. The van der Waals surface area contributed by atoms with E-state index in [1.807, 2.05) is 33.8 Å². The number of aliphatic hydroxyl groups is 1. The normalized spacial score (nSPS) is 15.2. The Kier molecular flexibility index (Phi) is 5.17. The molecule has 1 atom stereocenters. The summed E-state index contributed by atoms with van der Waals surface area (Å²) in [4.78, 5) is 4.09. The third-order valence-electron chi connectivity index (χ3n) is 5.35. The standard InChI is InChI=1S/C21H22Cl2FNO/c1-11-5-8-14(16(24)9-11)15-10-17(22)25-20(23)18(15)19(26)21(3,4)12(2)13-6-7-13/h5,8-10,19,26H,6-7H2,1-4H3. The van der Waals surface area contributed by atoms with Crippen LogP contribution in [-0.4, -0.2) is 10.1 Å². The van der Waals surface area contributed by atoms with Crippen LogP contribution in [0.25, 0.3) is 11.1 Å². The summed E-state index contributed by atoms with van der Waals surface area (Å²) in [7, 11) is 0. The third kappa shape index (κ3) is 3.53. The van der Waals surface area contributed by atoms with Crippen LogP contribution in [-0.2, 0) is 0 Å². The van der Waals surface area contributed by atoms with Gasteiger partial charge in [0.1, 0.15) is 16.1 Å². The van der Waals surface area contributed by atoms with Crippen LogP contribution in [0.15, 0.2) is 35.4 Å². The molecule has 26 heavy (non-hydrogen) atoms. The smallest absolute Gasteiger partial charge is 0.137 e. The summed E-state index contributed by atoms with van der Waals surface area (Å²) >= 11 is 12.5. The second-order valence-corrected chi connectivity index (χ2v) is 8.28. The molecular formula is C21H22Cl2FNO. The van der Waals surface area contributed by atoms with Crippen molar-refractivity contribution in [2.75, 3.05) is 0 Å². The highest BCUT2D eigenvalue weighted by molar-refractivity contribution is 6.33. The van der Waals surface area contributed by atoms with Crippen molar-refractivity contribution in [3.05, 3.63) is 62.7 Å². The highest BCUT2D eigenvalue weighted by atomic mass is 35.5. The van der Waals surface area contributed by atoms with Gasteiger partial charge in [-0.2, -0.15) is 0 Å². The molecule has 1 aromatic carbocycles. The average Bonchev–Trinajstić information content (AvgIpc) is 3.37. The fraction of sp³-hybridized carbons (Fsp3) is 0.381. The maximum Gasteiger partial charge on any atom is 0.137 e.